The van der Waals surface area contributed by atoms with E-state index in [9.17, 15) is 0 Å². The number of nitrogens with two attached hydrogens (primary N) is 1. The van der Waals surface area contributed by atoms with Gasteiger partial charge >= 0.3 is 0 Å². The van der Waals surface area contributed by atoms with Crippen molar-refractivity contribution in [3.8, 4) is 0 Å². The maximum Gasteiger partial charge on any atom is 0.0474 e. The minimum atomic E-state index is 0.238. The highest BCUT2D eigenvalue weighted by molar-refractivity contribution is 5.32. The summed E-state index contributed by atoms with van der Waals surface area (Å²) in [5, 5.41) is 0. The van der Waals surface area contributed by atoms with Crippen LogP contribution in [0, 0.1) is 13.8 Å². The van der Waals surface area contributed by atoms with Crippen molar-refractivity contribution < 1.29 is 0 Å². The van der Waals surface area contributed by atoms with E-state index in [1.807, 2.05) is 0 Å². The van der Waals surface area contributed by atoms with Gasteiger partial charge < -0.3 is 4.90 Å². The highest BCUT2D eigenvalue weighted by Gasteiger charge is 2.12. The summed E-state index contributed by atoms with van der Waals surface area (Å²) < 4.78 is 0. The Labute approximate surface area is 98.6 Å². The lowest BCUT2D eigenvalue weighted by molar-refractivity contribution is 0.362. The van der Waals surface area contributed by atoms with Crippen LogP contribution in [0.15, 0.2) is 18.2 Å². The van der Waals surface area contributed by atoms with Gasteiger partial charge in [0.15, 0.2) is 0 Å². The maximum absolute atomic E-state index is 5.64. The van der Waals surface area contributed by atoms with Crippen molar-refractivity contribution >= 4 is 0 Å². The molecule has 1 atom stereocenters. The molecule has 0 saturated carbocycles. The quantitative estimate of drug-likeness (QED) is 0.588. The Morgan fingerprint density at radius 1 is 1.31 bits per heavy atom. The lowest BCUT2D eigenvalue weighted by Gasteiger charge is -2.21. The molecule has 0 heterocycles. The molecule has 0 aromatic heterocycles. The number of nitrogens with one attached hydrogen (secondary N) is 1. The Morgan fingerprint density at radius 2 is 2.00 bits per heavy atom. The molecule has 0 aliphatic rings. The highest BCUT2D eigenvalue weighted by atomic mass is 15.2. The largest absolute Gasteiger partial charge is 0.309 e. The number of benzene rings is 1. The van der Waals surface area contributed by atoms with E-state index >= 15 is 0 Å². The van der Waals surface area contributed by atoms with Crippen LogP contribution in [0.25, 0.3) is 0 Å². The monoisotopic (exact) mass is 221 g/mol. The second kappa shape index (κ2) is 5.99. The summed E-state index contributed by atoms with van der Waals surface area (Å²) in [6.45, 7) is 5.28. The molecular weight excluding hydrogens is 198 g/mol. The summed E-state index contributed by atoms with van der Waals surface area (Å²) >= 11 is 0. The van der Waals surface area contributed by atoms with Crippen LogP contribution >= 0.6 is 0 Å². The van der Waals surface area contributed by atoms with Gasteiger partial charge in [0.25, 0.3) is 0 Å². The molecule has 0 radical (unpaired) electrons. The third-order valence-electron chi connectivity index (χ3n) is 2.88. The van der Waals surface area contributed by atoms with E-state index in [1.54, 1.807) is 0 Å². The average Bonchev–Trinajstić information content (AvgIpc) is 2.23. The normalized spacial score (nSPS) is 13.1. The van der Waals surface area contributed by atoms with Crippen LogP contribution in [-0.2, 0) is 0 Å². The standard InChI is InChI=1S/C13H23N3/c1-10-5-6-11(2)12(9-10)13(15-14)7-8-16(3)4/h5-6,9,13,15H,7-8,14H2,1-4H3. The molecule has 16 heavy (non-hydrogen) atoms. The van der Waals surface area contributed by atoms with Gasteiger partial charge in [-0.05, 0) is 52.0 Å². The van der Waals surface area contributed by atoms with E-state index in [1.165, 1.54) is 16.7 Å². The predicted molar refractivity (Wildman–Crippen MR) is 69.2 cm³/mol. The molecule has 1 aromatic carbocycles. The molecule has 0 fully saturated rings. The van der Waals surface area contributed by atoms with Crippen molar-refractivity contribution in [1.82, 2.24) is 10.3 Å². The molecular formula is C13H23N3. The van der Waals surface area contributed by atoms with Crippen molar-refractivity contribution in [2.45, 2.75) is 26.3 Å². The topological polar surface area (TPSA) is 41.3 Å². The van der Waals surface area contributed by atoms with Gasteiger partial charge in [0, 0.05) is 6.04 Å². The molecule has 90 valence electrons. The van der Waals surface area contributed by atoms with Gasteiger partial charge in [0.2, 0.25) is 0 Å². The molecule has 0 aliphatic heterocycles. The van der Waals surface area contributed by atoms with Crippen LogP contribution in [0.2, 0.25) is 0 Å². The number of nitrogens with zero attached hydrogens (tertiary/aromatic N) is 1. The first-order valence-corrected chi connectivity index (χ1v) is 5.72. The fraction of sp³-hybridized carbons (Fsp3) is 0.538. The lowest BCUT2D eigenvalue weighted by atomic mass is 9.97. The second-order valence-corrected chi connectivity index (χ2v) is 4.67. The molecule has 0 amide bonds. The van der Waals surface area contributed by atoms with E-state index in [2.05, 4.69) is 56.5 Å². The fourth-order valence-corrected chi connectivity index (χ4v) is 1.85. The van der Waals surface area contributed by atoms with Crippen molar-refractivity contribution in [2.75, 3.05) is 20.6 Å². The number of hydrogen-bond donors (Lipinski definition) is 2. The maximum atomic E-state index is 5.64. The highest BCUT2D eigenvalue weighted by Crippen LogP contribution is 2.21. The molecule has 1 unspecified atom stereocenters. The van der Waals surface area contributed by atoms with Gasteiger partial charge in [-0.2, -0.15) is 0 Å². The number of hydrazine groups is 1. The summed E-state index contributed by atoms with van der Waals surface area (Å²) in [4.78, 5) is 2.18. The molecule has 3 N–H and O–H groups in total. The smallest absolute Gasteiger partial charge is 0.0474 e. The van der Waals surface area contributed by atoms with Crippen LogP contribution in [0.4, 0.5) is 0 Å². The first-order valence-electron chi connectivity index (χ1n) is 5.72. The van der Waals surface area contributed by atoms with E-state index < -0.39 is 0 Å². The molecule has 1 rings (SSSR count). The Bertz CT molecular complexity index is 334. The van der Waals surface area contributed by atoms with Gasteiger partial charge in [-0.15, -0.1) is 0 Å². The molecule has 1 aromatic rings. The molecule has 0 saturated heterocycles. The van der Waals surface area contributed by atoms with Crippen molar-refractivity contribution in [3.05, 3.63) is 34.9 Å². The second-order valence-electron chi connectivity index (χ2n) is 4.67. The van der Waals surface area contributed by atoms with E-state index in [0.717, 1.165) is 13.0 Å². The van der Waals surface area contributed by atoms with Gasteiger partial charge in [0.05, 0.1) is 0 Å². The van der Waals surface area contributed by atoms with E-state index in [-0.39, 0.29) is 6.04 Å². The van der Waals surface area contributed by atoms with E-state index in [0.29, 0.717) is 0 Å². The Hall–Kier alpha value is -0.900. The minimum absolute atomic E-state index is 0.238. The molecule has 3 heteroatoms. The predicted octanol–water partition coefficient (Wildman–Crippen LogP) is 1.76. The van der Waals surface area contributed by atoms with Crippen LogP contribution in [-0.4, -0.2) is 25.5 Å². The Kier molecular flexibility index (Phi) is 4.93. The van der Waals surface area contributed by atoms with Crippen molar-refractivity contribution in [3.63, 3.8) is 0 Å². The number of hydrogen-bond acceptors (Lipinski definition) is 3. The van der Waals surface area contributed by atoms with Crippen LogP contribution in [0.5, 0.6) is 0 Å². The van der Waals surface area contributed by atoms with E-state index in [4.69, 9.17) is 5.84 Å². The summed E-state index contributed by atoms with van der Waals surface area (Å²) in [6.07, 6.45) is 1.02. The third kappa shape index (κ3) is 3.59. The summed E-state index contributed by atoms with van der Waals surface area (Å²) in [5.74, 6) is 5.64. The zero-order chi connectivity index (χ0) is 12.1. The Balaban J connectivity index is 2.81. The van der Waals surface area contributed by atoms with Crippen LogP contribution < -0.4 is 11.3 Å². The SMILES string of the molecule is Cc1ccc(C)c(C(CCN(C)C)NN)c1. The summed E-state index contributed by atoms with van der Waals surface area (Å²) in [7, 11) is 4.16. The molecule has 0 bridgehead atoms. The molecule has 0 aliphatic carbocycles. The summed E-state index contributed by atoms with van der Waals surface area (Å²) in [6, 6.07) is 6.75. The first-order chi connectivity index (χ1) is 7.54. The Morgan fingerprint density at radius 3 is 2.56 bits per heavy atom. The molecule has 3 nitrogen and oxygen atoms in total. The first kappa shape index (κ1) is 13.2. The zero-order valence-electron chi connectivity index (χ0n) is 10.7. The summed E-state index contributed by atoms with van der Waals surface area (Å²) in [5.41, 5.74) is 6.81. The number of rotatable bonds is 5. The minimum Gasteiger partial charge on any atom is -0.309 e. The van der Waals surface area contributed by atoms with Crippen molar-refractivity contribution in [1.29, 1.82) is 0 Å². The van der Waals surface area contributed by atoms with Gasteiger partial charge in [-0.3, -0.25) is 11.3 Å². The van der Waals surface area contributed by atoms with Crippen LogP contribution in [0.3, 0.4) is 0 Å². The van der Waals surface area contributed by atoms with Crippen LogP contribution in [0.1, 0.15) is 29.2 Å². The molecule has 0 spiro atoms. The zero-order valence-corrected chi connectivity index (χ0v) is 10.7. The lowest BCUT2D eigenvalue weighted by Crippen LogP contribution is -2.31. The third-order valence-corrected chi connectivity index (χ3v) is 2.88. The van der Waals surface area contributed by atoms with Gasteiger partial charge in [0.1, 0.15) is 0 Å². The van der Waals surface area contributed by atoms with Gasteiger partial charge in [-0.25, -0.2) is 0 Å². The number of aryl methyl sites for hydroxylation is 2. The van der Waals surface area contributed by atoms with Crippen molar-refractivity contribution in [2.24, 2.45) is 5.84 Å². The van der Waals surface area contributed by atoms with Gasteiger partial charge in [-0.1, -0.05) is 23.8 Å². The fourth-order valence-electron chi connectivity index (χ4n) is 1.85. The average molecular weight is 221 g/mol.